The number of thiocarbonyl (C=S) groups is 1. The predicted octanol–water partition coefficient (Wildman–Crippen LogP) is 1.47. The van der Waals surface area contributed by atoms with Gasteiger partial charge in [0.25, 0.3) is 11.8 Å². The van der Waals surface area contributed by atoms with Gasteiger partial charge in [-0.3, -0.25) is 19.3 Å². The maximum Gasteiger partial charge on any atom is 0.271 e. The number of hydrogen-bond donors (Lipinski definition) is 2. The molecule has 0 aliphatic carbocycles. The third kappa shape index (κ3) is 4.04. The summed E-state index contributed by atoms with van der Waals surface area (Å²) < 4.78 is 5.06. The number of anilines is 1. The zero-order chi connectivity index (χ0) is 20.1. The lowest BCUT2D eigenvalue weighted by Gasteiger charge is -2.30. The molecule has 1 heterocycles. The van der Waals surface area contributed by atoms with Crippen LogP contribution in [0.25, 0.3) is 0 Å². The Morgan fingerprint density at radius 1 is 1.21 bits per heavy atom. The van der Waals surface area contributed by atoms with Crippen LogP contribution in [0.2, 0.25) is 0 Å². The van der Waals surface area contributed by atoms with E-state index in [0.29, 0.717) is 17.0 Å². The molecule has 8 nitrogen and oxygen atoms in total. The number of ether oxygens (including phenoxy) is 1. The molecular weight excluding hydrogens is 380 g/mol. The van der Waals surface area contributed by atoms with E-state index in [-0.39, 0.29) is 5.11 Å². The number of rotatable bonds is 5. The largest absolute Gasteiger partial charge is 0.497 e. The number of amides is 3. The zero-order valence-corrected chi connectivity index (χ0v) is 15.6. The average Bonchev–Trinajstić information content (AvgIpc) is 2.71. The highest BCUT2D eigenvalue weighted by atomic mass is 32.1. The van der Waals surface area contributed by atoms with Crippen LogP contribution in [-0.4, -0.2) is 36.2 Å². The van der Waals surface area contributed by atoms with Gasteiger partial charge >= 0.3 is 0 Å². The van der Waals surface area contributed by atoms with Crippen molar-refractivity contribution in [3.8, 4) is 5.75 Å². The van der Waals surface area contributed by atoms with Crippen LogP contribution in [-0.2, 0) is 9.59 Å². The van der Waals surface area contributed by atoms with Crippen LogP contribution < -0.4 is 20.4 Å². The maximum absolute atomic E-state index is 12.7. The summed E-state index contributed by atoms with van der Waals surface area (Å²) in [5.41, 5.74) is 3.14. The van der Waals surface area contributed by atoms with Gasteiger partial charge in [0.1, 0.15) is 5.75 Å². The summed E-state index contributed by atoms with van der Waals surface area (Å²) in [6, 6.07) is 15.2. The van der Waals surface area contributed by atoms with Crippen LogP contribution in [0.5, 0.6) is 5.75 Å². The number of benzene rings is 2. The fraction of sp³-hybridized carbons (Fsp3) is 0.105. The molecule has 0 bridgehead atoms. The van der Waals surface area contributed by atoms with Gasteiger partial charge in [0.05, 0.1) is 12.8 Å². The van der Waals surface area contributed by atoms with Crippen molar-refractivity contribution in [2.24, 2.45) is 11.0 Å². The quantitative estimate of drug-likeness (QED) is 0.345. The Bertz CT molecular complexity index is 961. The summed E-state index contributed by atoms with van der Waals surface area (Å²) in [6.45, 7) is 0. The monoisotopic (exact) mass is 396 g/mol. The molecule has 0 saturated carbocycles. The van der Waals surface area contributed by atoms with Crippen LogP contribution in [0.15, 0.2) is 59.7 Å². The minimum absolute atomic E-state index is 0.00809. The second-order valence-electron chi connectivity index (χ2n) is 5.73. The topological polar surface area (TPSA) is 100 Å². The number of carbonyl (C=O) groups excluding carboxylic acids is 3. The van der Waals surface area contributed by atoms with Crippen molar-refractivity contribution in [1.29, 1.82) is 0 Å². The van der Waals surface area contributed by atoms with E-state index in [9.17, 15) is 14.4 Å². The highest BCUT2D eigenvalue weighted by molar-refractivity contribution is 7.80. The molecular formula is C19H16N4O4S. The lowest BCUT2D eigenvalue weighted by molar-refractivity contribution is -0.130. The molecule has 2 aromatic carbocycles. The van der Waals surface area contributed by atoms with E-state index < -0.39 is 23.6 Å². The lowest BCUT2D eigenvalue weighted by atomic mass is 10.1. The maximum atomic E-state index is 12.7. The van der Waals surface area contributed by atoms with E-state index in [4.69, 9.17) is 17.0 Å². The highest BCUT2D eigenvalue weighted by Gasteiger charge is 2.38. The van der Waals surface area contributed by atoms with Gasteiger partial charge in [-0.15, -0.1) is 0 Å². The Morgan fingerprint density at radius 2 is 1.96 bits per heavy atom. The Labute approximate surface area is 166 Å². The van der Waals surface area contributed by atoms with Gasteiger partial charge in [-0.25, -0.2) is 5.43 Å². The molecule has 1 atom stereocenters. The summed E-state index contributed by atoms with van der Waals surface area (Å²) >= 11 is 5.10. The number of hydrogen-bond acceptors (Lipinski definition) is 6. The number of nitrogens with zero attached hydrogens (tertiary/aromatic N) is 2. The first-order valence-electron chi connectivity index (χ1n) is 8.22. The summed E-state index contributed by atoms with van der Waals surface area (Å²) in [4.78, 5) is 38.3. The molecule has 1 fully saturated rings. The van der Waals surface area contributed by atoms with Gasteiger partial charge in [-0.05, 0) is 42.5 Å². The van der Waals surface area contributed by atoms with Crippen LogP contribution in [0.4, 0.5) is 5.69 Å². The van der Waals surface area contributed by atoms with Crippen molar-refractivity contribution in [2.45, 2.75) is 0 Å². The van der Waals surface area contributed by atoms with Crippen molar-refractivity contribution >= 4 is 47.0 Å². The van der Waals surface area contributed by atoms with E-state index in [2.05, 4.69) is 15.8 Å². The fourth-order valence-electron chi connectivity index (χ4n) is 2.54. The molecule has 2 aromatic rings. The van der Waals surface area contributed by atoms with Crippen molar-refractivity contribution in [3.63, 3.8) is 0 Å². The molecule has 0 unspecified atom stereocenters. The standard InChI is InChI=1S/C19H16N4O4S/c1-27-14-9-5-6-12(10-14)16(24)22-20-11-15-17(25)21-19(28)23(18(15)26)13-7-3-2-4-8-13/h2-11,15H,1H3,(H,22,24)(H,21,25,28)/b20-11-/t15-/m1/s1. The summed E-state index contributed by atoms with van der Waals surface area (Å²) in [5.74, 6) is -2.38. The van der Waals surface area contributed by atoms with Gasteiger partial charge < -0.3 is 10.1 Å². The first-order chi connectivity index (χ1) is 13.5. The second kappa shape index (κ2) is 8.40. The van der Waals surface area contributed by atoms with Crippen molar-refractivity contribution < 1.29 is 19.1 Å². The van der Waals surface area contributed by atoms with Crippen LogP contribution in [0.1, 0.15) is 10.4 Å². The average molecular weight is 396 g/mol. The second-order valence-corrected chi connectivity index (χ2v) is 6.12. The molecule has 1 saturated heterocycles. The van der Waals surface area contributed by atoms with Gasteiger partial charge in [0.15, 0.2) is 11.0 Å². The molecule has 3 rings (SSSR count). The summed E-state index contributed by atoms with van der Waals surface area (Å²) in [7, 11) is 1.49. The number of methoxy groups -OCH3 is 1. The van der Waals surface area contributed by atoms with Crippen LogP contribution in [0, 0.1) is 5.92 Å². The van der Waals surface area contributed by atoms with E-state index in [1.165, 1.54) is 12.0 Å². The normalized spacial score (nSPS) is 16.8. The SMILES string of the molecule is COc1cccc(C(=O)N/N=C\[C@@H]2C(=O)NC(=S)N(c3ccccc3)C2=O)c1. The Hall–Kier alpha value is -3.59. The van der Waals surface area contributed by atoms with Crippen molar-refractivity contribution in [3.05, 3.63) is 60.2 Å². The minimum Gasteiger partial charge on any atom is -0.497 e. The number of hydrazone groups is 1. The van der Waals surface area contributed by atoms with Crippen molar-refractivity contribution in [2.75, 3.05) is 12.0 Å². The summed E-state index contributed by atoms with van der Waals surface area (Å²) in [6.07, 6.45) is 1.08. The minimum atomic E-state index is -1.22. The van der Waals surface area contributed by atoms with Gasteiger partial charge in [-0.2, -0.15) is 5.10 Å². The lowest BCUT2D eigenvalue weighted by Crippen LogP contribution is -2.58. The van der Waals surface area contributed by atoms with Crippen LogP contribution >= 0.6 is 12.2 Å². The Balaban J connectivity index is 1.73. The Kier molecular flexibility index (Phi) is 5.75. The molecule has 0 spiro atoms. The molecule has 0 radical (unpaired) electrons. The third-order valence-corrected chi connectivity index (χ3v) is 4.22. The molecule has 2 N–H and O–H groups in total. The third-order valence-electron chi connectivity index (χ3n) is 3.94. The fourth-order valence-corrected chi connectivity index (χ4v) is 2.84. The smallest absolute Gasteiger partial charge is 0.271 e. The molecule has 9 heteroatoms. The van der Waals surface area contributed by atoms with E-state index in [1.54, 1.807) is 54.6 Å². The highest BCUT2D eigenvalue weighted by Crippen LogP contribution is 2.19. The molecule has 28 heavy (non-hydrogen) atoms. The molecule has 1 aliphatic rings. The first-order valence-corrected chi connectivity index (χ1v) is 8.63. The molecule has 1 aliphatic heterocycles. The van der Waals surface area contributed by atoms with Crippen LogP contribution in [0.3, 0.4) is 0 Å². The van der Waals surface area contributed by atoms with Gasteiger partial charge in [-0.1, -0.05) is 24.3 Å². The number of para-hydroxylation sites is 1. The predicted molar refractivity (Wildman–Crippen MR) is 107 cm³/mol. The molecule has 0 aromatic heterocycles. The molecule has 3 amide bonds. The number of carbonyl (C=O) groups is 3. The van der Waals surface area contributed by atoms with Gasteiger partial charge in [0.2, 0.25) is 5.91 Å². The van der Waals surface area contributed by atoms with Gasteiger partial charge in [0, 0.05) is 11.8 Å². The zero-order valence-electron chi connectivity index (χ0n) is 14.8. The number of nitrogens with one attached hydrogen (secondary N) is 2. The first kappa shape index (κ1) is 19.2. The molecule has 142 valence electrons. The summed E-state index contributed by atoms with van der Waals surface area (Å²) in [5, 5.41) is 6.23. The van der Waals surface area contributed by atoms with E-state index in [0.717, 1.165) is 6.21 Å². The van der Waals surface area contributed by atoms with E-state index >= 15 is 0 Å². The Morgan fingerprint density at radius 3 is 2.68 bits per heavy atom. The van der Waals surface area contributed by atoms with E-state index in [1.807, 2.05) is 0 Å². The van der Waals surface area contributed by atoms with Crippen molar-refractivity contribution in [1.82, 2.24) is 10.7 Å².